The van der Waals surface area contributed by atoms with Gasteiger partial charge in [0, 0.05) is 18.5 Å². The Balaban J connectivity index is 1.42. The highest BCUT2D eigenvalue weighted by molar-refractivity contribution is 5.77. The van der Waals surface area contributed by atoms with Crippen LogP contribution in [0.1, 0.15) is 11.3 Å². The largest absolute Gasteiger partial charge is 0.484 e. The van der Waals surface area contributed by atoms with E-state index < -0.39 is 0 Å². The number of ether oxygens (including phenoxy) is 1. The number of halogens is 1. The normalized spacial score (nSPS) is 10.5. The third kappa shape index (κ3) is 4.92. The molecule has 6 heteroatoms. The molecule has 3 aromatic rings. The highest BCUT2D eigenvalue weighted by Crippen LogP contribution is 2.19. The van der Waals surface area contributed by atoms with Crippen LogP contribution >= 0.6 is 0 Å². The minimum absolute atomic E-state index is 0.126. The Morgan fingerprint density at radius 3 is 2.62 bits per heavy atom. The molecule has 0 aliphatic rings. The minimum atomic E-state index is -0.348. The molecule has 0 saturated heterocycles. The quantitative estimate of drug-likeness (QED) is 0.705. The predicted octanol–water partition coefficient (Wildman–Crippen LogP) is 3.53. The van der Waals surface area contributed by atoms with Crippen molar-refractivity contribution in [2.45, 2.75) is 13.3 Å². The van der Waals surface area contributed by atoms with E-state index in [4.69, 9.17) is 9.15 Å². The van der Waals surface area contributed by atoms with Gasteiger partial charge in [0.2, 0.25) is 5.89 Å². The van der Waals surface area contributed by atoms with Gasteiger partial charge in [0.25, 0.3) is 5.91 Å². The van der Waals surface area contributed by atoms with E-state index >= 15 is 0 Å². The number of hydrogen-bond donors (Lipinski definition) is 1. The highest BCUT2D eigenvalue weighted by atomic mass is 19.1. The number of carbonyl (C=O) groups is 1. The van der Waals surface area contributed by atoms with E-state index in [1.165, 1.54) is 29.8 Å². The van der Waals surface area contributed by atoms with Crippen LogP contribution in [-0.4, -0.2) is 24.0 Å². The molecule has 0 aliphatic heterocycles. The zero-order chi connectivity index (χ0) is 18.4. The van der Waals surface area contributed by atoms with Gasteiger partial charge >= 0.3 is 0 Å². The number of rotatable bonds is 7. The molecule has 5 nitrogen and oxygen atoms in total. The molecule has 0 aliphatic carbocycles. The van der Waals surface area contributed by atoms with Crippen LogP contribution in [0.4, 0.5) is 4.39 Å². The van der Waals surface area contributed by atoms with Crippen molar-refractivity contribution in [3.63, 3.8) is 0 Å². The van der Waals surface area contributed by atoms with Gasteiger partial charge in [-0.05, 0) is 43.3 Å². The van der Waals surface area contributed by atoms with Gasteiger partial charge in [-0.2, -0.15) is 0 Å². The molecule has 0 radical (unpaired) electrons. The molecular weight excluding hydrogens is 335 g/mol. The van der Waals surface area contributed by atoms with E-state index in [1.807, 2.05) is 31.2 Å². The molecule has 0 unspecified atom stereocenters. The molecule has 0 saturated carbocycles. The number of aromatic nitrogens is 1. The van der Waals surface area contributed by atoms with Gasteiger partial charge in [-0.15, -0.1) is 0 Å². The summed E-state index contributed by atoms with van der Waals surface area (Å²) in [6.07, 6.45) is 2.15. The first-order valence-corrected chi connectivity index (χ1v) is 8.27. The van der Waals surface area contributed by atoms with E-state index in [0.717, 1.165) is 11.3 Å². The maximum absolute atomic E-state index is 12.8. The summed E-state index contributed by atoms with van der Waals surface area (Å²) in [4.78, 5) is 16.2. The molecule has 134 valence electrons. The number of benzene rings is 2. The number of hydrogen-bond acceptors (Lipinski definition) is 4. The molecule has 1 heterocycles. The maximum Gasteiger partial charge on any atom is 0.257 e. The zero-order valence-electron chi connectivity index (χ0n) is 14.4. The van der Waals surface area contributed by atoms with Gasteiger partial charge in [0.15, 0.2) is 6.61 Å². The van der Waals surface area contributed by atoms with Crippen LogP contribution in [0.3, 0.4) is 0 Å². The standard InChI is InChI=1S/C20H19FN2O3/c1-14-2-4-15(5-3-14)20-23-17(12-26-20)10-11-22-19(24)13-25-18-8-6-16(21)7-9-18/h2-9,12H,10-11,13H2,1H3,(H,22,24). The third-order valence-corrected chi connectivity index (χ3v) is 3.74. The molecule has 1 aromatic heterocycles. The Morgan fingerprint density at radius 1 is 1.15 bits per heavy atom. The van der Waals surface area contributed by atoms with E-state index in [0.29, 0.717) is 24.6 Å². The number of nitrogens with one attached hydrogen (secondary N) is 1. The van der Waals surface area contributed by atoms with E-state index in [1.54, 1.807) is 6.26 Å². The van der Waals surface area contributed by atoms with Crippen LogP contribution in [0.25, 0.3) is 11.5 Å². The average molecular weight is 354 g/mol. The summed E-state index contributed by atoms with van der Waals surface area (Å²) in [5.41, 5.74) is 2.85. The van der Waals surface area contributed by atoms with Crippen molar-refractivity contribution in [1.82, 2.24) is 10.3 Å². The van der Waals surface area contributed by atoms with Gasteiger partial charge in [-0.1, -0.05) is 17.7 Å². The molecular formula is C20H19FN2O3. The first-order chi connectivity index (χ1) is 12.6. The Morgan fingerprint density at radius 2 is 1.88 bits per heavy atom. The van der Waals surface area contributed by atoms with Gasteiger partial charge < -0.3 is 14.5 Å². The summed E-state index contributed by atoms with van der Waals surface area (Å²) in [5.74, 6) is 0.405. The Kier molecular flexibility index (Phi) is 5.63. The first kappa shape index (κ1) is 17.7. The van der Waals surface area contributed by atoms with Crippen molar-refractivity contribution >= 4 is 5.91 Å². The Labute approximate surface area is 150 Å². The lowest BCUT2D eigenvalue weighted by molar-refractivity contribution is -0.123. The predicted molar refractivity (Wildman–Crippen MR) is 95.3 cm³/mol. The maximum atomic E-state index is 12.8. The fraction of sp³-hybridized carbons (Fsp3) is 0.200. The number of nitrogens with zero attached hydrogens (tertiary/aromatic N) is 1. The number of amides is 1. The SMILES string of the molecule is Cc1ccc(-c2nc(CCNC(=O)COc3ccc(F)cc3)co2)cc1. The summed E-state index contributed by atoms with van der Waals surface area (Å²) in [6.45, 7) is 2.32. The van der Waals surface area contributed by atoms with Gasteiger partial charge in [-0.25, -0.2) is 9.37 Å². The zero-order valence-corrected chi connectivity index (χ0v) is 14.4. The molecule has 0 spiro atoms. The first-order valence-electron chi connectivity index (χ1n) is 8.27. The van der Waals surface area contributed by atoms with Gasteiger partial charge in [-0.3, -0.25) is 4.79 Å². The van der Waals surface area contributed by atoms with Crippen LogP contribution in [-0.2, 0) is 11.2 Å². The third-order valence-electron chi connectivity index (χ3n) is 3.74. The fourth-order valence-corrected chi connectivity index (χ4v) is 2.31. The summed E-state index contributed by atoms with van der Waals surface area (Å²) in [6, 6.07) is 13.4. The monoisotopic (exact) mass is 354 g/mol. The molecule has 0 fully saturated rings. The average Bonchev–Trinajstić information content (AvgIpc) is 3.11. The second-order valence-electron chi connectivity index (χ2n) is 5.85. The second-order valence-corrected chi connectivity index (χ2v) is 5.85. The van der Waals surface area contributed by atoms with Crippen molar-refractivity contribution in [3.05, 3.63) is 71.9 Å². The summed E-state index contributed by atoms with van der Waals surface area (Å²) >= 11 is 0. The molecule has 1 N–H and O–H groups in total. The smallest absolute Gasteiger partial charge is 0.257 e. The Hall–Kier alpha value is -3.15. The van der Waals surface area contributed by atoms with E-state index in [9.17, 15) is 9.18 Å². The summed E-state index contributed by atoms with van der Waals surface area (Å²) < 4.78 is 23.6. The van der Waals surface area contributed by atoms with Crippen LogP contribution < -0.4 is 10.1 Å². The lowest BCUT2D eigenvalue weighted by atomic mass is 10.1. The number of carbonyl (C=O) groups excluding carboxylic acids is 1. The molecule has 26 heavy (non-hydrogen) atoms. The lowest BCUT2D eigenvalue weighted by Crippen LogP contribution is -2.30. The van der Waals surface area contributed by atoms with Crippen LogP contribution in [0.15, 0.2) is 59.2 Å². The second kappa shape index (κ2) is 8.29. The van der Waals surface area contributed by atoms with Crippen LogP contribution in [0.5, 0.6) is 5.75 Å². The highest BCUT2D eigenvalue weighted by Gasteiger charge is 2.08. The lowest BCUT2D eigenvalue weighted by Gasteiger charge is -2.06. The van der Waals surface area contributed by atoms with Crippen molar-refractivity contribution in [3.8, 4) is 17.2 Å². The minimum Gasteiger partial charge on any atom is -0.484 e. The van der Waals surface area contributed by atoms with Crippen LogP contribution in [0, 0.1) is 12.7 Å². The van der Waals surface area contributed by atoms with Crippen molar-refractivity contribution in [2.24, 2.45) is 0 Å². The summed E-state index contributed by atoms with van der Waals surface area (Å²) in [7, 11) is 0. The molecule has 3 rings (SSSR count). The Bertz CT molecular complexity index is 858. The number of oxazole rings is 1. The topological polar surface area (TPSA) is 64.4 Å². The summed E-state index contributed by atoms with van der Waals surface area (Å²) in [5, 5.41) is 2.75. The van der Waals surface area contributed by atoms with E-state index in [-0.39, 0.29) is 18.3 Å². The van der Waals surface area contributed by atoms with Crippen molar-refractivity contribution < 1.29 is 18.3 Å². The molecule has 0 atom stereocenters. The number of aryl methyl sites for hydroxylation is 1. The molecule has 1 amide bonds. The molecule has 0 bridgehead atoms. The fourth-order valence-electron chi connectivity index (χ4n) is 2.31. The van der Waals surface area contributed by atoms with E-state index in [2.05, 4.69) is 10.3 Å². The van der Waals surface area contributed by atoms with Gasteiger partial charge in [0.05, 0.1) is 5.69 Å². The van der Waals surface area contributed by atoms with Crippen LogP contribution in [0.2, 0.25) is 0 Å². The van der Waals surface area contributed by atoms with Crippen molar-refractivity contribution in [1.29, 1.82) is 0 Å². The van der Waals surface area contributed by atoms with Gasteiger partial charge in [0.1, 0.15) is 17.8 Å². The van der Waals surface area contributed by atoms with Crippen molar-refractivity contribution in [2.75, 3.05) is 13.2 Å². The molecule has 2 aromatic carbocycles.